The minimum atomic E-state index is -4.73. The predicted molar refractivity (Wildman–Crippen MR) is 66.2 cm³/mol. The number of halogens is 3. The molecule has 0 aliphatic heterocycles. The van der Waals surface area contributed by atoms with E-state index in [1.54, 1.807) is 30.3 Å². The Morgan fingerprint density at radius 1 is 1.26 bits per heavy atom. The first kappa shape index (κ1) is 15.0. The predicted octanol–water partition coefficient (Wildman–Crippen LogP) is 3.75. The number of esters is 1. The lowest BCUT2D eigenvalue weighted by atomic mass is 10.2. The van der Waals surface area contributed by atoms with Gasteiger partial charge in [-0.05, 0) is 18.6 Å². The zero-order valence-corrected chi connectivity index (χ0v) is 10.3. The highest BCUT2D eigenvalue weighted by atomic mass is 19.4. The second-order valence-electron chi connectivity index (χ2n) is 3.57. The average Bonchev–Trinajstić information content (AvgIpc) is 2.34. The maximum absolute atomic E-state index is 12.6. The Labute approximate surface area is 109 Å². The van der Waals surface area contributed by atoms with Crippen LogP contribution in [0.5, 0.6) is 0 Å². The van der Waals surface area contributed by atoms with E-state index >= 15 is 0 Å². The third-order valence-corrected chi connectivity index (χ3v) is 2.15. The van der Waals surface area contributed by atoms with E-state index in [2.05, 4.69) is 4.74 Å². The van der Waals surface area contributed by atoms with Gasteiger partial charge in [0, 0.05) is 0 Å². The average molecular weight is 270 g/mol. The van der Waals surface area contributed by atoms with E-state index in [1.165, 1.54) is 19.1 Å². The molecule has 0 heterocycles. The number of carbonyl (C=O) groups is 1. The molecule has 102 valence electrons. The molecular formula is C14H13F3O2. The van der Waals surface area contributed by atoms with Gasteiger partial charge in [-0.2, -0.15) is 13.2 Å². The fraction of sp³-hybridized carbons (Fsp3) is 0.214. The Hall–Kier alpha value is -2.04. The number of hydrogen-bond donors (Lipinski definition) is 0. The van der Waals surface area contributed by atoms with Crippen molar-refractivity contribution in [3.05, 3.63) is 53.6 Å². The molecule has 0 amide bonds. The van der Waals surface area contributed by atoms with Crippen LogP contribution in [0.15, 0.2) is 48.1 Å². The molecule has 0 saturated heterocycles. The molecule has 0 bridgehead atoms. The smallest absolute Gasteiger partial charge is 0.423 e. The van der Waals surface area contributed by atoms with Crippen LogP contribution in [-0.2, 0) is 9.53 Å². The number of hydrogen-bond acceptors (Lipinski definition) is 2. The number of rotatable bonds is 4. The van der Waals surface area contributed by atoms with Gasteiger partial charge >= 0.3 is 12.1 Å². The SMILES string of the molecule is CCOC(=O)/C(=C/C=C/c1ccccc1)C(F)(F)F. The second kappa shape index (κ2) is 6.78. The van der Waals surface area contributed by atoms with Crippen molar-refractivity contribution in [3.63, 3.8) is 0 Å². The van der Waals surface area contributed by atoms with Crippen LogP contribution in [0.1, 0.15) is 12.5 Å². The van der Waals surface area contributed by atoms with Gasteiger partial charge in [0.2, 0.25) is 0 Å². The van der Waals surface area contributed by atoms with Gasteiger partial charge in [-0.15, -0.1) is 0 Å². The van der Waals surface area contributed by atoms with Gasteiger partial charge in [-0.3, -0.25) is 0 Å². The van der Waals surface area contributed by atoms with Crippen molar-refractivity contribution in [1.82, 2.24) is 0 Å². The molecule has 0 aromatic heterocycles. The van der Waals surface area contributed by atoms with Crippen molar-refractivity contribution in [2.24, 2.45) is 0 Å². The fourth-order valence-corrected chi connectivity index (χ4v) is 1.31. The quantitative estimate of drug-likeness (QED) is 0.473. The number of alkyl halides is 3. The van der Waals surface area contributed by atoms with Gasteiger partial charge in [0.05, 0.1) is 6.61 Å². The first-order valence-corrected chi connectivity index (χ1v) is 5.63. The van der Waals surface area contributed by atoms with Crippen molar-refractivity contribution < 1.29 is 22.7 Å². The number of ether oxygens (including phenoxy) is 1. The zero-order valence-electron chi connectivity index (χ0n) is 10.3. The number of benzene rings is 1. The molecule has 0 unspecified atom stereocenters. The zero-order chi connectivity index (χ0) is 14.3. The second-order valence-corrected chi connectivity index (χ2v) is 3.57. The minimum absolute atomic E-state index is 0.103. The van der Waals surface area contributed by atoms with Crippen LogP contribution in [0.3, 0.4) is 0 Å². The first-order valence-electron chi connectivity index (χ1n) is 5.63. The van der Waals surface area contributed by atoms with Crippen molar-refractivity contribution >= 4 is 12.0 Å². The molecule has 0 saturated carbocycles. The van der Waals surface area contributed by atoms with E-state index in [1.807, 2.05) is 0 Å². The van der Waals surface area contributed by atoms with E-state index in [9.17, 15) is 18.0 Å². The summed E-state index contributed by atoms with van der Waals surface area (Å²) in [6.07, 6.45) is -1.36. The maximum atomic E-state index is 12.6. The monoisotopic (exact) mass is 270 g/mol. The lowest BCUT2D eigenvalue weighted by Crippen LogP contribution is -2.22. The van der Waals surface area contributed by atoms with Crippen molar-refractivity contribution in [1.29, 1.82) is 0 Å². The third kappa shape index (κ3) is 4.99. The Morgan fingerprint density at radius 3 is 2.42 bits per heavy atom. The third-order valence-electron chi connectivity index (χ3n) is 2.15. The Morgan fingerprint density at radius 2 is 1.89 bits per heavy atom. The summed E-state index contributed by atoms with van der Waals surface area (Å²) in [7, 11) is 0. The van der Waals surface area contributed by atoms with E-state index in [-0.39, 0.29) is 6.61 Å². The number of allylic oxidation sites excluding steroid dienone is 2. The molecule has 19 heavy (non-hydrogen) atoms. The molecule has 2 nitrogen and oxygen atoms in total. The summed E-state index contributed by atoms with van der Waals surface area (Å²) in [6, 6.07) is 8.80. The summed E-state index contributed by atoms with van der Waals surface area (Å²) in [6.45, 7) is 1.35. The van der Waals surface area contributed by atoms with Crippen LogP contribution < -0.4 is 0 Å². The molecule has 0 N–H and O–H groups in total. The van der Waals surface area contributed by atoms with Crippen molar-refractivity contribution in [3.8, 4) is 0 Å². The molecule has 0 fully saturated rings. The van der Waals surface area contributed by atoms with E-state index in [4.69, 9.17) is 0 Å². The Kier molecular flexibility index (Phi) is 5.36. The van der Waals surface area contributed by atoms with Crippen LogP contribution in [0, 0.1) is 0 Å². The van der Waals surface area contributed by atoms with Crippen LogP contribution in [0.4, 0.5) is 13.2 Å². The highest BCUT2D eigenvalue weighted by molar-refractivity contribution is 5.90. The summed E-state index contributed by atoms with van der Waals surface area (Å²) < 4.78 is 42.2. The van der Waals surface area contributed by atoms with Gasteiger partial charge in [0.15, 0.2) is 0 Å². The van der Waals surface area contributed by atoms with Crippen LogP contribution in [0.25, 0.3) is 6.08 Å². The van der Waals surface area contributed by atoms with Crippen LogP contribution in [0.2, 0.25) is 0 Å². The van der Waals surface area contributed by atoms with E-state index in [0.717, 1.165) is 5.56 Å². The number of carbonyl (C=O) groups excluding carboxylic acids is 1. The molecular weight excluding hydrogens is 257 g/mol. The standard InChI is InChI=1S/C14H13F3O2/c1-2-19-13(18)12(14(15,16)17)10-6-9-11-7-4-3-5-8-11/h3-10H,2H2,1H3/b9-6+,12-10-. The summed E-state index contributed by atoms with van der Waals surface area (Å²) in [5.74, 6) is -1.37. The maximum Gasteiger partial charge on any atom is 0.423 e. The lowest BCUT2D eigenvalue weighted by molar-refractivity contribution is -0.150. The lowest BCUT2D eigenvalue weighted by Gasteiger charge is -2.09. The van der Waals surface area contributed by atoms with Gasteiger partial charge in [-0.1, -0.05) is 42.5 Å². The minimum Gasteiger partial charge on any atom is -0.462 e. The fourth-order valence-electron chi connectivity index (χ4n) is 1.31. The summed E-state index contributed by atoms with van der Waals surface area (Å²) in [5.41, 5.74) is -0.578. The molecule has 1 aromatic rings. The highest BCUT2D eigenvalue weighted by Crippen LogP contribution is 2.26. The molecule has 1 rings (SSSR count). The molecule has 0 aliphatic rings. The van der Waals surface area contributed by atoms with E-state index in [0.29, 0.717) is 6.08 Å². The molecule has 0 spiro atoms. The molecule has 1 aromatic carbocycles. The Balaban J connectivity index is 2.90. The Bertz CT molecular complexity index is 473. The summed E-state index contributed by atoms with van der Waals surface area (Å²) in [4.78, 5) is 11.2. The summed E-state index contributed by atoms with van der Waals surface area (Å²) in [5, 5.41) is 0. The highest BCUT2D eigenvalue weighted by Gasteiger charge is 2.39. The van der Waals surface area contributed by atoms with Crippen molar-refractivity contribution in [2.45, 2.75) is 13.1 Å². The normalized spacial score (nSPS) is 12.7. The molecule has 0 atom stereocenters. The first-order chi connectivity index (χ1) is 8.95. The largest absolute Gasteiger partial charge is 0.462 e. The van der Waals surface area contributed by atoms with E-state index < -0.39 is 17.7 Å². The van der Waals surface area contributed by atoms with Crippen LogP contribution >= 0.6 is 0 Å². The molecule has 5 heteroatoms. The van der Waals surface area contributed by atoms with Gasteiger partial charge in [-0.25, -0.2) is 4.79 Å². The molecule has 0 radical (unpaired) electrons. The van der Waals surface area contributed by atoms with Gasteiger partial charge in [0.1, 0.15) is 5.57 Å². The van der Waals surface area contributed by atoms with Crippen LogP contribution in [-0.4, -0.2) is 18.8 Å². The molecule has 0 aliphatic carbocycles. The van der Waals surface area contributed by atoms with Gasteiger partial charge < -0.3 is 4.74 Å². The topological polar surface area (TPSA) is 26.3 Å². The van der Waals surface area contributed by atoms with Crippen molar-refractivity contribution in [2.75, 3.05) is 6.61 Å². The van der Waals surface area contributed by atoms with Gasteiger partial charge in [0.25, 0.3) is 0 Å². The summed E-state index contributed by atoms with van der Waals surface area (Å²) >= 11 is 0.